The SMILES string of the molecule is CC(C)COC(=O)N1CCC(CC2CCN(c3ccc4c(c3)C(=O)N(C3CCC(=O)NC3=O)C4=O)CC2)CC1. The van der Waals surface area contributed by atoms with Gasteiger partial charge in [-0.15, -0.1) is 0 Å². The number of hydrogen-bond donors (Lipinski definition) is 1. The van der Waals surface area contributed by atoms with Gasteiger partial charge in [-0.05, 0) is 74.5 Å². The number of ether oxygens (including phenoxy) is 1. The molecule has 210 valence electrons. The van der Waals surface area contributed by atoms with Crippen LogP contribution in [0.5, 0.6) is 0 Å². The number of imide groups is 2. The van der Waals surface area contributed by atoms with Gasteiger partial charge in [-0.2, -0.15) is 0 Å². The second-order valence-electron chi connectivity index (χ2n) is 11.7. The third kappa shape index (κ3) is 5.79. The molecule has 4 heterocycles. The summed E-state index contributed by atoms with van der Waals surface area (Å²) in [5.74, 6) is -0.339. The van der Waals surface area contributed by atoms with E-state index in [2.05, 4.69) is 10.2 Å². The van der Waals surface area contributed by atoms with Gasteiger partial charge in [0.25, 0.3) is 11.8 Å². The van der Waals surface area contributed by atoms with Crippen LogP contribution in [0, 0.1) is 17.8 Å². The molecule has 4 aliphatic rings. The van der Waals surface area contributed by atoms with Gasteiger partial charge < -0.3 is 14.5 Å². The molecule has 3 saturated heterocycles. The van der Waals surface area contributed by atoms with Crippen molar-refractivity contribution in [2.45, 2.75) is 64.8 Å². The Hall–Kier alpha value is -3.43. The number of hydrogen-bond acceptors (Lipinski definition) is 7. The number of likely N-dealkylation sites (tertiary alicyclic amines) is 1. The van der Waals surface area contributed by atoms with Crippen molar-refractivity contribution in [3.8, 4) is 0 Å². The molecular weight excluding hydrogens is 500 g/mol. The molecule has 10 nitrogen and oxygen atoms in total. The lowest BCUT2D eigenvalue weighted by molar-refractivity contribution is -0.136. The van der Waals surface area contributed by atoms with Crippen LogP contribution >= 0.6 is 0 Å². The molecule has 0 bridgehead atoms. The van der Waals surface area contributed by atoms with Crippen LogP contribution in [0.1, 0.15) is 79.5 Å². The lowest BCUT2D eigenvalue weighted by Gasteiger charge is -2.37. The van der Waals surface area contributed by atoms with E-state index in [-0.39, 0.29) is 24.8 Å². The number of rotatable bonds is 6. The topological polar surface area (TPSA) is 116 Å². The molecule has 5 amide bonds. The van der Waals surface area contributed by atoms with E-state index < -0.39 is 23.8 Å². The standard InChI is InChI=1S/C29H38N4O6/c1-18(2)17-39-29(38)32-13-9-20(10-14-32)15-19-7-11-31(12-8-19)21-3-4-22-23(16-21)28(37)33(27(22)36)24-5-6-25(34)30-26(24)35/h3-4,16,18-20,24H,5-15,17H2,1-2H3,(H,30,34,35). The lowest BCUT2D eigenvalue weighted by Crippen LogP contribution is -2.54. The van der Waals surface area contributed by atoms with Crippen LogP contribution in [0.3, 0.4) is 0 Å². The first-order valence-corrected chi connectivity index (χ1v) is 14.2. The van der Waals surface area contributed by atoms with Gasteiger partial charge in [-0.25, -0.2) is 4.79 Å². The van der Waals surface area contributed by atoms with Gasteiger partial charge in [-0.1, -0.05) is 13.8 Å². The number of piperidine rings is 3. The van der Waals surface area contributed by atoms with Gasteiger partial charge in [0.1, 0.15) is 6.04 Å². The minimum atomic E-state index is -0.952. The molecule has 1 atom stereocenters. The van der Waals surface area contributed by atoms with Crippen molar-refractivity contribution in [1.82, 2.24) is 15.1 Å². The Balaban J connectivity index is 1.12. The van der Waals surface area contributed by atoms with Crippen molar-refractivity contribution in [2.24, 2.45) is 17.8 Å². The third-order valence-electron chi connectivity index (χ3n) is 8.48. The Morgan fingerprint density at radius 3 is 2.21 bits per heavy atom. The van der Waals surface area contributed by atoms with Gasteiger partial charge in [0.15, 0.2) is 0 Å². The van der Waals surface area contributed by atoms with Gasteiger partial charge >= 0.3 is 6.09 Å². The molecule has 0 radical (unpaired) electrons. The van der Waals surface area contributed by atoms with Gasteiger partial charge in [0.05, 0.1) is 17.7 Å². The zero-order valence-electron chi connectivity index (χ0n) is 22.8. The molecule has 0 saturated carbocycles. The third-order valence-corrected chi connectivity index (χ3v) is 8.48. The molecule has 10 heteroatoms. The Morgan fingerprint density at radius 2 is 1.56 bits per heavy atom. The molecule has 1 unspecified atom stereocenters. The molecule has 4 aliphatic heterocycles. The molecule has 3 fully saturated rings. The second-order valence-corrected chi connectivity index (χ2v) is 11.7. The number of amides is 5. The zero-order chi connectivity index (χ0) is 27.7. The summed E-state index contributed by atoms with van der Waals surface area (Å²) in [6.45, 7) is 7.81. The maximum atomic E-state index is 13.2. The molecule has 1 N–H and O–H groups in total. The zero-order valence-corrected chi connectivity index (χ0v) is 22.8. The van der Waals surface area contributed by atoms with Gasteiger partial charge in [0, 0.05) is 38.3 Å². The van der Waals surface area contributed by atoms with Crippen molar-refractivity contribution >= 4 is 35.4 Å². The first kappa shape index (κ1) is 27.1. The van der Waals surface area contributed by atoms with Crippen molar-refractivity contribution in [2.75, 3.05) is 37.7 Å². The van der Waals surface area contributed by atoms with E-state index in [1.54, 1.807) is 12.1 Å². The van der Waals surface area contributed by atoms with E-state index in [9.17, 15) is 24.0 Å². The highest BCUT2D eigenvalue weighted by molar-refractivity contribution is 6.23. The number of carbonyl (C=O) groups is 5. The van der Waals surface area contributed by atoms with Crippen LogP contribution in [0.4, 0.5) is 10.5 Å². The molecule has 5 rings (SSSR count). The summed E-state index contributed by atoms with van der Waals surface area (Å²) in [5, 5.41) is 2.23. The summed E-state index contributed by atoms with van der Waals surface area (Å²) < 4.78 is 5.38. The lowest BCUT2D eigenvalue weighted by atomic mass is 9.83. The minimum absolute atomic E-state index is 0.105. The predicted molar refractivity (Wildman–Crippen MR) is 143 cm³/mol. The van der Waals surface area contributed by atoms with E-state index in [1.807, 2.05) is 24.8 Å². The minimum Gasteiger partial charge on any atom is -0.449 e. The van der Waals surface area contributed by atoms with Crippen molar-refractivity contribution < 1.29 is 28.7 Å². The summed E-state index contributed by atoms with van der Waals surface area (Å²) in [4.78, 5) is 67.3. The van der Waals surface area contributed by atoms with Crippen LogP contribution in [-0.4, -0.2) is 78.3 Å². The van der Waals surface area contributed by atoms with Crippen LogP contribution in [0.15, 0.2) is 18.2 Å². The highest BCUT2D eigenvalue weighted by Gasteiger charge is 2.44. The molecular formula is C29H38N4O6. The van der Waals surface area contributed by atoms with Gasteiger partial charge in [-0.3, -0.25) is 29.4 Å². The molecule has 0 spiro atoms. The van der Waals surface area contributed by atoms with Crippen molar-refractivity contribution in [3.63, 3.8) is 0 Å². The number of nitrogens with zero attached hydrogens (tertiary/aromatic N) is 3. The number of anilines is 1. The van der Waals surface area contributed by atoms with E-state index in [1.165, 1.54) is 6.42 Å². The maximum Gasteiger partial charge on any atom is 0.409 e. The maximum absolute atomic E-state index is 13.2. The smallest absolute Gasteiger partial charge is 0.409 e. The van der Waals surface area contributed by atoms with E-state index in [0.717, 1.165) is 62.4 Å². The van der Waals surface area contributed by atoms with E-state index in [0.29, 0.717) is 35.5 Å². The van der Waals surface area contributed by atoms with E-state index >= 15 is 0 Å². The summed E-state index contributed by atoms with van der Waals surface area (Å²) in [6, 6.07) is 4.39. The fourth-order valence-electron chi connectivity index (χ4n) is 6.23. The normalized spacial score (nSPS) is 22.9. The molecule has 1 aromatic carbocycles. The molecule has 39 heavy (non-hydrogen) atoms. The average molecular weight is 539 g/mol. The highest BCUT2D eigenvalue weighted by Crippen LogP contribution is 2.34. The number of nitrogens with one attached hydrogen (secondary N) is 1. The number of fused-ring (bicyclic) bond motifs is 1. The fraction of sp³-hybridized carbons (Fsp3) is 0.621. The van der Waals surface area contributed by atoms with E-state index in [4.69, 9.17) is 4.74 Å². The van der Waals surface area contributed by atoms with Gasteiger partial charge in [0.2, 0.25) is 11.8 Å². The predicted octanol–water partition coefficient (Wildman–Crippen LogP) is 3.20. The molecule has 0 aromatic heterocycles. The summed E-state index contributed by atoms with van der Waals surface area (Å²) >= 11 is 0. The Labute approximate surface area is 229 Å². The molecule has 1 aromatic rings. The van der Waals surface area contributed by atoms with Crippen LogP contribution in [0.25, 0.3) is 0 Å². The second kappa shape index (κ2) is 11.4. The summed E-state index contributed by atoms with van der Waals surface area (Å²) in [7, 11) is 0. The van der Waals surface area contributed by atoms with Crippen LogP contribution < -0.4 is 10.2 Å². The van der Waals surface area contributed by atoms with Crippen molar-refractivity contribution in [3.05, 3.63) is 29.3 Å². The first-order valence-electron chi connectivity index (χ1n) is 14.2. The summed E-state index contributed by atoms with van der Waals surface area (Å²) in [5.41, 5.74) is 1.54. The van der Waals surface area contributed by atoms with Crippen LogP contribution in [-0.2, 0) is 14.3 Å². The number of carbonyl (C=O) groups excluding carboxylic acids is 5. The first-order chi connectivity index (χ1) is 18.7. The quantitative estimate of drug-likeness (QED) is 0.553. The van der Waals surface area contributed by atoms with Crippen molar-refractivity contribution in [1.29, 1.82) is 0 Å². The van der Waals surface area contributed by atoms with Crippen LogP contribution in [0.2, 0.25) is 0 Å². The Bertz CT molecular complexity index is 1150. The largest absolute Gasteiger partial charge is 0.449 e. The monoisotopic (exact) mass is 538 g/mol. The number of benzene rings is 1. The Morgan fingerprint density at radius 1 is 0.923 bits per heavy atom. The highest BCUT2D eigenvalue weighted by atomic mass is 16.6. The summed E-state index contributed by atoms with van der Waals surface area (Å²) in [6.07, 6.45) is 5.38. The Kier molecular flexibility index (Phi) is 7.91. The average Bonchev–Trinajstić information content (AvgIpc) is 3.17. The fourth-order valence-corrected chi connectivity index (χ4v) is 6.23. The molecule has 0 aliphatic carbocycles.